The quantitative estimate of drug-likeness (QED) is 0.936. The molecule has 0 saturated heterocycles. The molecule has 0 amide bonds. The Labute approximate surface area is 129 Å². The molecule has 1 aliphatic carbocycles. The van der Waals surface area contributed by atoms with E-state index < -0.39 is 0 Å². The van der Waals surface area contributed by atoms with Gasteiger partial charge in [0.05, 0.1) is 24.9 Å². The monoisotopic (exact) mass is 306 g/mol. The maximum atomic E-state index is 6.54. The molecule has 0 bridgehead atoms. The van der Waals surface area contributed by atoms with Crippen molar-refractivity contribution < 1.29 is 9.47 Å². The first-order valence-corrected chi connectivity index (χ1v) is 7.52. The van der Waals surface area contributed by atoms with E-state index in [1.54, 1.807) is 20.3 Å². The van der Waals surface area contributed by atoms with Crippen LogP contribution in [0.5, 0.6) is 11.5 Å². The van der Waals surface area contributed by atoms with Gasteiger partial charge in [-0.05, 0) is 31.2 Å². The zero-order valence-electron chi connectivity index (χ0n) is 12.5. The molecule has 4 nitrogen and oxygen atoms in total. The van der Waals surface area contributed by atoms with Gasteiger partial charge in [0.25, 0.3) is 0 Å². The zero-order chi connectivity index (χ0) is 15.0. The Kier molecular flexibility index (Phi) is 3.81. The minimum atomic E-state index is 0.582. The summed E-state index contributed by atoms with van der Waals surface area (Å²) in [5.74, 6) is 1.30. The third-order valence-electron chi connectivity index (χ3n) is 4.10. The van der Waals surface area contributed by atoms with Crippen molar-refractivity contribution in [3.8, 4) is 11.5 Å². The number of aryl methyl sites for hydroxylation is 1. The lowest BCUT2D eigenvalue weighted by atomic mass is 9.92. The highest BCUT2D eigenvalue weighted by atomic mass is 35.5. The maximum absolute atomic E-state index is 6.54. The van der Waals surface area contributed by atoms with Gasteiger partial charge in [0, 0.05) is 24.2 Å². The number of rotatable bonds is 3. The first kappa shape index (κ1) is 14.3. The van der Waals surface area contributed by atoms with Gasteiger partial charge in [0.15, 0.2) is 0 Å². The SMILES string of the molecule is CNc1c2c(nc3c(OC)cc(OC)c(Cl)c13)CCCC2. The van der Waals surface area contributed by atoms with Crippen LogP contribution in [0.4, 0.5) is 5.69 Å². The maximum Gasteiger partial charge on any atom is 0.148 e. The van der Waals surface area contributed by atoms with Crippen molar-refractivity contribution in [1.82, 2.24) is 4.98 Å². The van der Waals surface area contributed by atoms with E-state index in [-0.39, 0.29) is 0 Å². The van der Waals surface area contributed by atoms with Crippen LogP contribution >= 0.6 is 11.6 Å². The van der Waals surface area contributed by atoms with Crippen molar-refractivity contribution in [3.63, 3.8) is 0 Å². The highest BCUT2D eigenvalue weighted by Crippen LogP contribution is 2.44. The molecule has 1 aromatic carbocycles. The number of benzene rings is 1. The predicted molar refractivity (Wildman–Crippen MR) is 86.0 cm³/mol. The standard InChI is InChI=1S/C16H19ClN2O2/c1-18-15-9-6-4-5-7-10(9)19-16-12(21-3)8-11(20-2)14(17)13(15)16/h8H,4-7H2,1-3H3,(H,18,19). The van der Waals surface area contributed by atoms with Crippen molar-refractivity contribution in [2.24, 2.45) is 0 Å². The summed E-state index contributed by atoms with van der Waals surface area (Å²) in [7, 11) is 5.17. The van der Waals surface area contributed by atoms with Crippen LogP contribution in [0.25, 0.3) is 10.9 Å². The molecule has 0 fully saturated rings. The number of fused-ring (bicyclic) bond motifs is 2. The van der Waals surface area contributed by atoms with Gasteiger partial charge >= 0.3 is 0 Å². The largest absolute Gasteiger partial charge is 0.495 e. The van der Waals surface area contributed by atoms with E-state index in [9.17, 15) is 0 Å². The van der Waals surface area contributed by atoms with E-state index in [0.29, 0.717) is 16.5 Å². The average molecular weight is 307 g/mol. The molecule has 0 atom stereocenters. The number of halogens is 1. The molecule has 112 valence electrons. The Balaban J connectivity index is 2.44. The van der Waals surface area contributed by atoms with Gasteiger partial charge < -0.3 is 14.8 Å². The van der Waals surface area contributed by atoms with Crippen LogP contribution in [-0.2, 0) is 12.8 Å². The van der Waals surface area contributed by atoms with Crippen molar-refractivity contribution in [2.75, 3.05) is 26.6 Å². The van der Waals surface area contributed by atoms with E-state index in [0.717, 1.165) is 35.1 Å². The van der Waals surface area contributed by atoms with Crippen molar-refractivity contribution in [3.05, 3.63) is 22.3 Å². The number of aromatic nitrogens is 1. The molecule has 0 unspecified atom stereocenters. The van der Waals surface area contributed by atoms with Gasteiger partial charge in [-0.2, -0.15) is 0 Å². The fraction of sp³-hybridized carbons (Fsp3) is 0.438. The molecular formula is C16H19ClN2O2. The molecule has 3 rings (SSSR count). The number of hydrogen-bond donors (Lipinski definition) is 1. The topological polar surface area (TPSA) is 43.4 Å². The van der Waals surface area contributed by atoms with Crippen LogP contribution in [0.3, 0.4) is 0 Å². The molecule has 21 heavy (non-hydrogen) atoms. The molecule has 2 aromatic rings. The first-order valence-electron chi connectivity index (χ1n) is 7.15. The highest BCUT2D eigenvalue weighted by Gasteiger charge is 2.23. The van der Waals surface area contributed by atoms with E-state index in [4.69, 9.17) is 26.1 Å². The second-order valence-electron chi connectivity index (χ2n) is 5.19. The van der Waals surface area contributed by atoms with Gasteiger partial charge in [-0.15, -0.1) is 0 Å². The molecule has 0 radical (unpaired) electrons. The molecule has 1 aromatic heterocycles. The minimum Gasteiger partial charge on any atom is -0.495 e. The minimum absolute atomic E-state index is 0.582. The van der Waals surface area contributed by atoms with E-state index in [1.807, 2.05) is 7.05 Å². The van der Waals surface area contributed by atoms with Crippen LogP contribution in [0.2, 0.25) is 5.02 Å². The molecule has 0 spiro atoms. The Hall–Kier alpha value is -1.68. The highest BCUT2D eigenvalue weighted by molar-refractivity contribution is 6.38. The Morgan fingerprint density at radius 2 is 1.86 bits per heavy atom. The second-order valence-corrected chi connectivity index (χ2v) is 5.57. The zero-order valence-corrected chi connectivity index (χ0v) is 13.3. The molecule has 1 heterocycles. The van der Waals surface area contributed by atoms with Gasteiger partial charge in [-0.3, -0.25) is 0 Å². The summed E-state index contributed by atoms with van der Waals surface area (Å²) in [6.45, 7) is 0. The van der Waals surface area contributed by atoms with Crippen LogP contribution in [0.1, 0.15) is 24.1 Å². The predicted octanol–water partition coefficient (Wildman–Crippen LogP) is 3.83. The summed E-state index contributed by atoms with van der Waals surface area (Å²) in [5.41, 5.74) is 4.27. The van der Waals surface area contributed by atoms with Crippen molar-refractivity contribution in [2.45, 2.75) is 25.7 Å². The lowest BCUT2D eigenvalue weighted by Gasteiger charge is -2.22. The second kappa shape index (κ2) is 5.60. The summed E-state index contributed by atoms with van der Waals surface area (Å²) >= 11 is 6.54. The molecule has 5 heteroatoms. The normalized spacial score (nSPS) is 13.9. The van der Waals surface area contributed by atoms with E-state index in [1.165, 1.54) is 18.4 Å². The summed E-state index contributed by atoms with van der Waals surface area (Å²) in [6.07, 6.45) is 4.41. The van der Waals surface area contributed by atoms with Crippen molar-refractivity contribution in [1.29, 1.82) is 0 Å². The number of nitrogens with zero attached hydrogens (tertiary/aromatic N) is 1. The smallest absolute Gasteiger partial charge is 0.148 e. The van der Waals surface area contributed by atoms with Crippen LogP contribution in [-0.4, -0.2) is 26.3 Å². The number of pyridine rings is 1. The van der Waals surface area contributed by atoms with Gasteiger partial charge in [-0.1, -0.05) is 11.6 Å². The van der Waals surface area contributed by atoms with Crippen LogP contribution in [0.15, 0.2) is 6.07 Å². The lowest BCUT2D eigenvalue weighted by molar-refractivity contribution is 0.397. The van der Waals surface area contributed by atoms with Gasteiger partial charge in [0.2, 0.25) is 0 Å². The molecule has 0 aliphatic heterocycles. The summed E-state index contributed by atoms with van der Waals surface area (Å²) in [4.78, 5) is 4.83. The number of anilines is 1. The molecular weight excluding hydrogens is 288 g/mol. The Morgan fingerprint density at radius 3 is 2.52 bits per heavy atom. The third kappa shape index (κ3) is 2.18. The third-order valence-corrected chi connectivity index (χ3v) is 4.47. The van der Waals surface area contributed by atoms with Gasteiger partial charge in [0.1, 0.15) is 17.0 Å². The number of nitrogens with one attached hydrogen (secondary N) is 1. The van der Waals surface area contributed by atoms with Crippen LogP contribution < -0.4 is 14.8 Å². The number of methoxy groups -OCH3 is 2. The summed E-state index contributed by atoms with van der Waals surface area (Å²) in [6, 6.07) is 1.80. The first-order chi connectivity index (χ1) is 10.2. The fourth-order valence-electron chi connectivity index (χ4n) is 3.09. The lowest BCUT2D eigenvalue weighted by Crippen LogP contribution is -2.10. The Morgan fingerprint density at radius 1 is 1.14 bits per heavy atom. The molecule has 1 aliphatic rings. The molecule has 0 saturated carbocycles. The number of ether oxygens (including phenoxy) is 2. The summed E-state index contributed by atoms with van der Waals surface area (Å²) < 4.78 is 10.9. The average Bonchev–Trinajstić information content (AvgIpc) is 2.53. The molecule has 1 N–H and O–H groups in total. The van der Waals surface area contributed by atoms with Crippen LogP contribution in [0, 0.1) is 0 Å². The summed E-state index contributed by atoms with van der Waals surface area (Å²) in [5, 5.41) is 4.77. The van der Waals surface area contributed by atoms with E-state index in [2.05, 4.69) is 5.32 Å². The number of hydrogen-bond acceptors (Lipinski definition) is 4. The van der Waals surface area contributed by atoms with Crippen molar-refractivity contribution >= 4 is 28.2 Å². The van der Waals surface area contributed by atoms with E-state index >= 15 is 0 Å². The fourth-order valence-corrected chi connectivity index (χ4v) is 3.40. The Bertz CT molecular complexity index is 701. The van der Waals surface area contributed by atoms with Gasteiger partial charge in [-0.25, -0.2) is 4.98 Å².